The van der Waals surface area contributed by atoms with Gasteiger partial charge in [0.15, 0.2) is 0 Å². The number of methoxy groups -OCH3 is 2. The van der Waals surface area contributed by atoms with Crippen LogP contribution in [0.25, 0.3) is 0 Å². The molecule has 0 aromatic rings. The van der Waals surface area contributed by atoms with Gasteiger partial charge in [-0.25, -0.2) is 4.79 Å². The summed E-state index contributed by atoms with van der Waals surface area (Å²) in [5.74, 6) is 0.869. The van der Waals surface area contributed by atoms with Crippen LogP contribution in [0.5, 0.6) is 0 Å². The molecule has 5 nitrogen and oxygen atoms in total. The Bertz CT molecular complexity index is 258. The van der Waals surface area contributed by atoms with Gasteiger partial charge >= 0.3 is 5.97 Å². The molecule has 0 fully saturated rings. The molecule has 0 saturated heterocycles. The Hall–Kier alpha value is -0.750. The lowest BCUT2D eigenvalue weighted by Gasteiger charge is -2.18. The van der Waals surface area contributed by atoms with Gasteiger partial charge in [-0.3, -0.25) is 4.79 Å². The first kappa shape index (κ1) is 17.2. The van der Waals surface area contributed by atoms with Crippen molar-refractivity contribution in [3.05, 3.63) is 0 Å². The minimum Gasteiger partial charge on any atom is -0.467 e. The van der Waals surface area contributed by atoms with E-state index in [0.717, 1.165) is 5.75 Å². The summed E-state index contributed by atoms with van der Waals surface area (Å²) >= 11 is 1.48. The summed E-state index contributed by atoms with van der Waals surface area (Å²) in [5.41, 5.74) is 0. The van der Waals surface area contributed by atoms with Crippen LogP contribution in [0.1, 0.15) is 20.3 Å². The molecule has 0 aromatic carbocycles. The number of rotatable bonds is 9. The van der Waals surface area contributed by atoms with E-state index >= 15 is 0 Å². The van der Waals surface area contributed by atoms with Gasteiger partial charge in [-0.05, 0) is 12.3 Å². The van der Waals surface area contributed by atoms with Gasteiger partial charge < -0.3 is 14.8 Å². The molecule has 0 rings (SSSR count). The molecular formula is C12H23NO4S. The lowest BCUT2D eigenvalue weighted by atomic mass is 10.0. The van der Waals surface area contributed by atoms with E-state index in [1.165, 1.54) is 18.9 Å². The van der Waals surface area contributed by atoms with Crippen LogP contribution in [0.4, 0.5) is 0 Å². The predicted octanol–water partition coefficient (Wildman–Crippen LogP) is 1.07. The van der Waals surface area contributed by atoms with Crippen LogP contribution in [0.3, 0.4) is 0 Å². The quantitative estimate of drug-likeness (QED) is 0.504. The Morgan fingerprint density at radius 1 is 1.28 bits per heavy atom. The van der Waals surface area contributed by atoms with E-state index < -0.39 is 6.04 Å². The zero-order valence-electron chi connectivity index (χ0n) is 11.5. The Kier molecular flexibility index (Phi) is 9.77. The highest BCUT2D eigenvalue weighted by Gasteiger charge is 2.22. The van der Waals surface area contributed by atoms with Crippen LogP contribution in [0, 0.1) is 5.92 Å². The second kappa shape index (κ2) is 10.2. The molecule has 0 heterocycles. The summed E-state index contributed by atoms with van der Waals surface area (Å²) in [4.78, 5) is 23.1. The van der Waals surface area contributed by atoms with E-state index in [0.29, 0.717) is 24.7 Å². The van der Waals surface area contributed by atoms with Crippen LogP contribution >= 0.6 is 11.8 Å². The van der Waals surface area contributed by atoms with Crippen molar-refractivity contribution in [2.75, 3.05) is 32.3 Å². The summed E-state index contributed by atoms with van der Waals surface area (Å²) in [6.07, 6.45) is 0.584. The van der Waals surface area contributed by atoms with Crippen LogP contribution in [-0.2, 0) is 19.1 Å². The second-order valence-corrected chi connectivity index (χ2v) is 5.42. The lowest BCUT2D eigenvalue weighted by molar-refractivity contribution is -0.145. The first-order chi connectivity index (χ1) is 8.51. The van der Waals surface area contributed by atoms with Crippen LogP contribution in [-0.4, -0.2) is 50.3 Å². The molecule has 18 heavy (non-hydrogen) atoms. The van der Waals surface area contributed by atoms with Crippen molar-refractivity contribution >= 4 is 23.6 Å². The van der Waals surface area contributed by atoms with Crippen LogP contribution < -0.4 is 5.32 Å². The number of esters is 1. The molecule has 0 aliphatic rings. The summed E-state index contributed by atoms with van der Waals surface area (Å²) in [5, 5.41) is 2.70. The van der Waals surface area contributed by atoms with E-state index in [4.69, 9.17) is 4.74 Å². The predicted molar refractivity (Wildman–Crippen MR) is 72.6 cm³/mol. The smallest absolute Gasteiger partial charge is 0.328 e. The maximum atomic E-state index is 11.6. The molecule has 1 amide bonds. The van der Waals surface area contributed by atoms with Crippen molar-refractivity contribution in [3.63, 3.8) is 0 Å². The molecule has 0 aliphatic heterocycles. The van der Waals surface area contributed by atoms with E-state index in [2.05, 4.69) is 10.1 Å². The van der Waals surface area contributed by atoms with E-state index in [1.807, 2.05) is 13.8 Å². The number of nitrogens with one attached hydrogen (secondary N) is 1. The maximum Gasteiger partial charge on any atom is 0.328 e. The summed E-state index contributed by atoms with van der Waals surface area (Å²) in [6.45, 7) is 4.61. The van der Waals surface area contributed by atoms with Gasteiger partial charge in [0.05, 0.1) is 19.5 Å². The molecule has 0 saturated carbocycles. The molecule has 106 valence electrons. The first-order valence-electron chi connectivity index (χ1n) is 5.95. The number of thioether (sulfide) groups is 1. The largest absolute Gasteiger partial charge is 0.467 e. The van der Waals surface area contributed by atoms with Gasteiger partial charge in [0.25, 0.3) is 0 Å². The third-order valence-electron chi connectivity index (χ3n) is 2.19. The fraction of sp³-hybridized carbons (Fsp3) is 0.833. The summed E-state index contributed by atoms with van der Waals surface area (Å²) in [6, 6.07) is -0.550. The van der Waals surface area contributed by atoms with Crippen LogP contribution in [0.2, 0.25) is 0 Å². The van der Waals surface area contributed by atoms with Crippen molar-refractivity contribution in [2.24, 2.45) is 5.92 Å². The van der Waals surface area contributed by atoms with Gasteiger partial charge in [-0.15, -0.1) is 11.8 Å². The molecule has 1 unspecified atom stereocenters. The van der Waals surface area contributed by atoms with Crippen molar-refractivity contribution in [1.29, 1.82) is 0 Å². The van der Waals surface area contributed by atoms with Crippen molar-refractivity contribution in [3.8, 4) is 0 Å². The third-order valence-corrected chi connectivity index (χ3v) is 3.11. The fourth-order valence-corrected chi connectivity index (χ4v) is 2.07. The minimum atomic E-state index is -0.550. The highest BCUT2D eigenvalue weighted by Crippen LogP contribution is 2.07. The second-order valence-electron chi connectivity index (χ2n) is 4.32. The number of amides is 1. The van der Waals surface area contributed by atoms with E-state index in [-0.39, 0.29) is 11.9 Å². The third kappa shape index (κ3) is 8.36. The fourth-order valence-electron chi connectivity index (χ4n) is 1.37. The van der Waals surface area contributed by atoms with Gasteiger partial charge in [0, 0.05) is 12.9 Å². The molecule has 0 aliphatic carbocycles. The Labute approximate surface area is 113 Å². The molecule has 1 N–H and O–H groups in total. The zero-order chi connectivity index (χ0) is 14.0. The minimum absolute atomic E-state index is 0.146. The first-order valence-corrected chi connectivity index (χ1v) is 7.10. The van der Waals surface area contributed by atoms with Gasteiger partial charge in [-0.1, -0.05) is 13.8 Å². The van der Waals surface area contributed by atoms with Crippen LogP contribution in [0.15, 0.2) is 0 Å². The number of hydrogen-bond acceptors (Lipinski definition) is 5. The van der Waals surface area contributed by atoms with Crippen molar-refractivity contribution in [2.45, 2.75) is 26.3 Å². The standard InChI is InChI=1S/C12H23NO4S/c1-9(2)7-10(12(15)17-4)13-11(14)8-18-6-5-16-3/h9-10H,5-8H2,1-4H3,(H,13,14). The Morgan fingerprint density at radius 2 is 1.94 bits per heavy atom. The summed E-state index contributed by atoms with van der Waals surface area (Å²) in [7, 11) is 2.95. The van der Waals surface area contributed by atoms with Gasteiger partial charge in [-0.2, -0.15) is 0 Å². The average molecular weight is 277 g/mol. The highest BCUT2D eigenvalue weighted by molar-refractivity contribution is 7.99. The monoisotopic (exact) mass is 277 g/mol. The molecule has 0 spiro atoms. The van der Waals surface area contributed by atoms with E-state index in [9.17, 15) is 9.59 Å². The topological polar surface area (TPSA) is 64.6 Å². The maximum absolute atomic E-state index is 11.6. The number of carbonyl (C=O) groups excluding carboxylic acids is 2. The summed E-state index contributed by atoms with van der Waals surface area (Å²) < 4.78 is 9.56. The Balaban J connectivity index is 4.06. The van der Waals surface area contributed by atoms with Crippen molar-refractivity contribution < 1.29 is 19.1 Å². The molecule has 1 atom stereocenters. The van der Waals surface area contributed by atoms with Gasteiger partial charge in [0.2, 0.25) is 5.91 Å². The molecule has 6 heteroatoms. The molecule has 0 aromatic heterocycles. The SMILES string of the molecule is COCCSCC(=O)NC(CC(C)C)C(=O)OC. The zero-order valence-corrected chi connectivity index (χ0v) is 12.3. The molecule has 0 radical (unpaired) electrons. The highest BCUT2D eigenvalue weighted by atomic mass is 32.2. The Morgan fingerprint density at radius 3 is 2.44 bits per heavy atom. The van der Waals surface area contributed by atoms with Gasteiger partial charge in [0.1, 0.15) is 6.04 Å². The molecular weight excluding hydrogens is 254 g/mol. The molecule has 0 bridgehead atoms. The normalized spacial score (nSPS) is 12.3. The average Bonchev–Trinajstić information content (AvgIpc) is 2.32. The number of ether oxygens (including phenoxy) is 2. The van der Waals surface area contributed by atoms with E-state index in [1.54, 1.807) is 7.11 Å². The number of carbonyl (C=O) groups is 2. The number of hydrogen-bond donors (Lipinski definition) is 1. The lowest BCUT2D eigenvalue weighted by Crippen LogP contribution is -2.43. The van der Waals surface area contributed by atoms with Crippen molar-refractivity contribution in [1.82, 2.24) is 5.32 Å².